The summed E-state index contributed by atoms with van der Waals surface area (Å²) in [6.45, 7) is 6.84. The molecular weight excluding hydrogens is 348 g/mol. The van der Waals surface area contributed by atoms with Gasteiger partial charge in [-0.25, -0.2) is 18.0 Å². The maximum Gasteiger partial charge on any atom is 0.407 e. The van der Waals surface area contributed by atoms with Gasteiger partial charge in [0.2, 0.25) is 0 Å². The number of rotatable bonds is 7. The number of amides is 1. The van der Waals surface area contributed by atoms with Crippen molar-refractivity contribution in [2.45, 2.75) is 44.6 Å². The number of hydrogen-bond acceptors (Lipinski definition) is 6. The van der Waals surface area contributed by atoms with Crippen molar-refractivity contribution >= 4 is 22.1 Å². The molecule has 0 fully saturated rings. The van der Waals surface area contributed by atoms with Crippen molar-refractivity contribution in [3.05, 3.63) is 30.3 Å². The van der Waals surface area contributed by atoms with Crippen LogP contribution < -0.4 is 10.2 Å². The molecule has 0 aliphatic rings. The molecule has 1 rings (SSSR count). The van der Waals surface area contributed by atoms with Gasteiger partial charge >= 0.3 is 12.1 Å². The van der Waals surface area contributed by atoms with E-state index >= 15 is 0 Å². The predicted molar refractivity (Wildman–Crippen MR) is 90.9 cm³/mol. The van der Waals surface area contributed by atoms with Gasteiger partial charge in [0.25, 0.3) is 10.0 Å². The molecule has 0 unspecified atom stereocenters. The Balaban J connectivity index is 2.55. The summed E-state index contributed by atoms with van der Waals surface area (Å²) in [6.07, 6.45) is -0.314. The summed E-state index contributed by atoms with van der Waals surface area (Å²) in [5.41, 5.74) is -0.655. The Labute approximate surface area is 147 Å². The average Bonchev–Trinajstić information content (AvgIpc) is 2.52. The van der Waals surface area contributed by atoms with Crippen molar-refractivity contribution in [2.24, 2.45) is 5.92 Å². The zero-order chi connectivity index (χ0) is 19.1. The number of sulfonamides is 1. The Morgan fingerprint density at radius 3 is 2.28 bits per heavy atom. The predicted octanol–water partition coefficient (Wildman–Crippen LogP) is 1.97. The van der Waals surface area contributed by atoms with Gasteiger partial charge in [-0.15, -0.1) is 0 Å². The van der Waals surface area contributed by atoms with Crippen LogP contribution in [0.15, 0.2) is 35.2 Å². The van der Waals surface area contributed by atoms with E-state index in [2.05, 4.69) is 10.2 Å². The van der Waals surface area contributed by atoms with Crippen LogP contribution in [0.1, 0.15) is 34.1 Å². The van der Waals surface area contributed by atoms with E-state index in [0.29, 0.717) is 6.42 Å². The third kappa shape index (κ3) is 7.53. The van der Waals surface area contributed by atoms with Gasteiger partial charge in [-0.1, -0.05) is 25.1 Å². The van der Waals surface area contributed by atoms with E-state index in [1.807, 2.05) is 0 Å². The first-order valence-corrected chi connectivity index (χ1v) is 9.28. The van der Waals surface area contributed by atoms with Crippen molar-refractivity contribution in [1.29, 1.82) is 0 Å². The molecule has 2 N–H and O–H groups in total. The first kappa shape index (κ1) is 20.9. The fourth-order valence-electron chi connectivity index (χ4n) is 1.74. The molecule has 1 atom stereocenters. The first-order valence-electron chi connectivity index (χ1n) is 7.79. The third-order valence-electron chi connectivity index (χ3n) is 3.02. The SMILES string of the molecule is CC[C@@H](CNC(=O)OC(C)(C)C)C(=O)ONS(=O)(=O)c1ccccc1. The second-order valence-electron chi connectivity index (χ2n) is 6.31. The minimum atomic E-state index is -3.96. The van der Waals surface area contributed by atoms with Crippen molar-refractivity contribution in [3.8, 4) is 0 Å². The summed E-state index contributed by atoms with van der Waals surface area (Å²) in [5.74, 6) is -1.51. The molecule has 1 aromatic carbocycles. The molecule has 0 aliphatic carbocycles. The molecule has 0 radical (unpaired) electrons. The van der Waals surface area contributed by atoms with Gasteiger partial charge in [0.05, 0.1) is 10.8 Å². The maximum atomic E-state index is 12.0. The van der Waals surface area contributed by atoms with Gasteiger partial charge in [0, 0.05) is 6.54 Å². The summed E-state index contributed by atoms with van der Waals surface area (Å²) in [4.78, 5) is 30.1. The molecule has 0 bridgehead atoms. The molecule has 25 heavy (non-hydrogen) atoms. The molecule has 0 heterocycles. The lowest BCUT2D eigenvalue weighted by Crippen LogP contribution is -2.39. The van der Waals surface area contributed by atoms with E-state index in [-0.39, 0.29) is 11.4 Å². The highest BCUT2D eigenvalue weighted by molar-refractivity contribution is 7.89. The lowest BCUT2D eigenvalue weighted by Gasteiger charge is -2.21. The average molecular weight is 372 g/mol. The maximum absolute atomic E-state index is 12.0. The van der Waals surface area contributed by atoms with Crippen LogP contribution in [0.5, 0.6) is 0 Å². The zero-order valence-electron chi connectivity index (χ0n) is 14.7. The number of hydrogen-bond donors (Lipinski definition) is 2. The highest BCUT2D eigenvalue weighted by atomic mass is 32.2. The van der Waals surface area contributed by atoms with Gasteiger partial charge in [0.1, 0.15) is 5.60 Å². The van der Waals surface area contributed by atoms with E-state index in [9.17, 15) is 18.0 Å². The number of benzene rings is 1. The molecule has 9 heteroatoms. The summed E-state index contributed by atoms with van der Waals surface area (Å²) >= 11 is 0. The van der Waals surface area contributed by atoms with E-state index < -0.39 is 33.6 Å². The lowest BCUT2D eigenvalue weighted by molar-refractivity contribution is -0.152. The molecule has 0 aromatic heterocycles. The van der Waals surface area contributed by atoms with Crippen LogP contribution in [0.4, 0.5) is 4.79 Å². The van der Waals surface area contributed by atoms with Crippen LogP contribution in [-0.4, -0.2) is 32.6 Å². The van der Waals surface area contributed by atoms with Crippen molar-refractivity contribution in [2.75, 3.05) is 6.54 Å². The number of carbonyl (C=O) groups is 2. The van der Waals surface area contributed by atoms with E-state index in [1.165, 1.54) is 12.1 Å². The van der Waals surface area contributed by atoms with E-state index in [0.717, 1.165) is 0 Å². The number of carbonyl (C=O) groups excluding carboxylic acids is 2. The summed E-state index contributed by atoms with van der Waals surface area (Å²) < 4.78 is 29.1. The monoisotopic (exact) mass is 372 g/mol. The number of alkyl carbamates (subject to hydrolysis) is 1. The zero-order valence-corrected chi connectivity index (χ0v) is 15.6. The van der Waals surface area contributed by atoms with Crippen molar-refractivity contribution < 1.29 is 27.6 Å². The Morgan fingerprint density at radius 2 is 1.76 bits per heavy atom. The number of ether oxygens (including phenoxy) is 1. The van der Waals surface area contributed by atoms with Crippen LogP contribution in [0.2, 0.25) is 0 Å². The van der Waals surface area contributed by atoms with E-state index in [1.54, 1.807) is 50.8 Å². The van der Waals surface area contributed by atoms with Gasteiger partial charge in [0.15, 0.2) is 0 Å². The van der Waals surface area contributed by atoms with Gasteiger partial charge in [-0.3, -0.25) is 0 Å². The van der Waals surface area contributed by atoms with Crippen LogP contribution in [0, 0.1) is 5.92 Å². The Morgan fingerprint density at radius 1 is 1.16 bits per heavy atom. The summed E-state index contributed by atoms with van der Waals surface area (Å²) in [7, 11) is -3.96. The summed E-state index contributed by atoms with van der Waals surface area (Å²) in [6, 6.07) is 7.52. The molecule has 140 valence electrons. The molecule has 0 saturated heterocycles. The summed E-state index contributed by atoms with van der Waals surface area (Å²) in [5, 5.41) is 2.46. The van der Waals surface area contributed by atoms with Crippen LogP contribution in [0.25, 0.3) is 0 Å². The fraction of sp³-hybridized carbons (Fsp3) is 0.500. The van der Waals surface area contributed by atoms with Crippen LogP contribution >= 0.6 is 0 Å². The highest BCUT2D eigenvalue weighted by Gasteiger charge is 2.24. The van der Waals surface area contributed by atoms with Crippen molar-refractivity contribution in [1.82, 2.24) is 10.2 Å². The van der Waals surface area contributed by atoms with Crippen LogP contribution in [-0.2, 0) is 24.4 Å². The quantitative estimate of drug-likeness (QED) is 0.708. The van der Waals surface area contributed by atoms with Crippen LogP contribution in [0.3, 0.4) is 0 Å². The molecule has 0 aliphatic heterocycles. The largest absolute Gasteiger partial charge is 0.444 e. The smallest absolute Gasteiger partial charge is 0.407 e. The highest BCUT2D eigenvalue weighted by Crippen LogP contribution is 2.10. The molecular formula is C16H24N2O6S. The van der Waals surface area contributed by atoms with E-state index in [4.69, 9.17) is 4.74 Å². The van der Waals surface area contributed by atoms with Crippen molar-refractivity contribution in [3.63, 3.8) is 0 Å². The van der Waals surface area contributed by atoms with Gasteiger partial charge in [-0.2, -0.15) is 0 Å². The lowest BCUT2D eigenvalue weighted by atomic mass is 10.1. The van der Waals surface area contributed by atoms with Gasteiger partial charge < -0.3 is 14.9 Å². The third-order valence-corrected chi connectivity index (χ3v) is 4.22. The molecule has 0 spiro atoms. The fourth-order valence-corrected chi connectivity index (χ4v) is 2.55. The Hall–Kier alpha value is -2.13. The second-order valence-corrected chi connectivity index (χ2v) is 7.95. The minimum Gasteiger partial charge on any atom is -0.444 e. The standard InChI is InChI=1S/C16H24N2O6S/c1-5-12(11-17-15(20)23-16(2,3)4)14(19)24-18-25(21,22)13-9-7-6-8-10-13/h6-10,12,18H,5,11H2,1-4H3,(H,17,20)/t12-/m0/s1. The molecule has 1 aromatic rings. The number of nitrogens with one attached hydrogen (secondary N) is 2. The molecule has 8 nitrogen and oxygen atoms in total. The molecule has 1 amide bonds. The Bertz CT molecular complexity index is 682. The first-order chi connectivity index (χ1) is 11.5. The van der Waals surface area contributed by atoms with Gasteiger partial charge in [-0.05, 0) is 44.2 Å². The molecule has 0 saturated carbocycles. The minimum absolute atomic E-state index is 0.0253. The topological polar surface area (TPSA) is 111 Å². The normalized spacial score (nSPS) is 13.0. The Kier molecular flexibility index (Phi) is 7.38. The second kappa shape index (κ2) is 8.82.